The average molecular weight is 342 g/mol. The zero-order valence-corrected chi connectivity index (χ0v) is 14.1. The van der Waals surface area contributed by atoms with E-state index in [4.69, 9.17) is 9.84 Å². The van der Waals surface area contributed by atoms with Crippen LogP contribution in [0.2, 0.25) is 0 Å². The highest BCUT2D eigenvalue weighted by Crippen LogP contribution is 2.22. The third-order valence-electron chi connectivity index (χ3n) is 3.47. The van der Waals surface area contributed by atoms with E-state index in [1.807, 2.05) is 49.4 Å². The number of nitrogens with zero attached hydrogens (tertiary/aromatic N) is 2. The Labute approximate surface area is 143 Å². The Bertz CT molecular complexity index is 891. The van der Waals surface area contributed by atoms with Crippen LogP contribution in [-0.4, -0.2) is 33.6 Å². The lowest BCUT2D eigenvalue weighted by atomic mass is 10.2. The topological polar surface area (TPSA) is 64.3 Å². The van der Waals surface area contributed by atoms with E-state index in [1.54, 1.807) is 10.6 Å². The Morgan fingerprint density at radius 3 is 2.62 bits per heavy atom. The first kappa shape index (κ1) is 16.5. The summed E-state index contributed by atoms with van der Waals surface area (Å²) in [4.78, 5) is 17.5. The fourth-order valence-electron chi connectivity index (χ4n) is 2.43. The van der Waals surface area contributed by atoms with Crippen LogP contribution in [0, 0.1) is 0 Å². The molecule has 3 aromatic rings. The highest BCUT2D eigenvalue weighted by Gasteiger charge is 2.13. The molecule has 2 aromatic carbocycles. The number of para-hydroxylation sites is 1. The predicted octanol–water partition coefficient (Wildman–Crippen LogP) is 2.87. The molecular formula is C18H18N2O3S. The summed E-state index contributed by atoms with van der Waals surface area (Å²) in [6.45, 7) is 2.54. The smallest absolute Gasteiger partial charge is 0.266 e. The second kappa shape index (κ2) is 7.51. The zero-order chi connectivity index (χ0) is 16.9. The summed E-state index contributed by atoms with van der Waals surface area (Å²) in [7, 11) is 0. The van der Waals surface area contributed by atoms with Crippen molar-refractivity contribution < 1.29 is 9.84 Å². The number of benzene rings is 2. The van der Waals surface area contributed by atoms with Crippen LogP contribution in [0.15, 0.2) is 58.5 Å². The Morgan fingerprint density at radius 2 is 1.92 bits per heavy atom. The third-order valence-corrected chi connectivity index (χ3v) is 4.39. The molecule has 0 radical (unpaired) electrons. The first-order chi connectivity index (χ1) is 11.7. The summed E-state index contributed by atoms with van der Waals surface area (Å²) in [5.41, 5.74) is 1.26. The number of fused-ring (bicyclic) bond motifs is 1. The molecule has 0 aliphatic rings. The van der Waals surface area contributed by atoms with E-state index in [0.29, 0.717) is 28.4 Å². The van der Waals surface area contributed by atoms with Gasteiger partial charge in [-0.1, -0.05) is 23.9 Å². The number of aliphatic hydroxyl groups excluding tert-OH is 1. The van der Waals surface area contributed by atoms with E-state index in [1.165, 1.54) is 11.8 Å². The number of hydrogen-bond donors (Lipinski definition) is 1. The molecule has 1 heterocycles. The van der Waals surface area contributed by atoms with Gasteiger partial charge in [-0.3, -0.25) is 9.36 Å². The molecule has 5 nitrogen and oxygen atoms in total. The van der Waals surface area contributed by atoms with Crippen molar-refractivity contribution in [2.45, 2.75) is 12.1 Å². The minimum atomic E-state index is -0.120. The highest BCUT2D eigenvalue weighted by atomic mass is 32.2. The molecule has 24 heavy (non-hydrogen) atoms. The van der Waals surface area contributed by atoms with Crippen molar-refractivity contribution in [2.75, 3.05) is 19.0 Å². The number of ether oxygens (including phenoxy) is 1. The van der Waals surface area contributed by atoms with Gasteiger partial charge < -0.3 is 9.84 Å². The van der Waals surface area contributed by atoms with E-state index in [0.717, 1.165) is 11.4 Å². The van der Waals surface area contributed by atoms with Crippen molar-refractivity contribution in [3.05, 3.63) is 58.9 Å². The fourth-order valence-corrected chi connectivity index (χ4v) is 3.19. The molecule has 0 fully saturated rings. The van der Waals surface area contributed by atoms with Crippen LogP contribution in [-0.2, 0) is 0 Å². The molecule has 0 saturated heterocycles. The lowest BCUT2D eigenvalue weighted by Crippen LogP contribution is -2.22. The zero-order valence-electron chi connectivity index (χ0n) is 13.3. The van der Waals surface area contributed by atoms with Crippen molar-refractivity contribution in [3.63, 3.8) is 0 Å². The predicted molar refractivity (Wildman–Crippen MR) is 96.3 cm³/mol. The maximum atomic E-state index is 12.9. The lowest BCUT2D eigenvalue weighted by molar-refractivity contribution is 0.322. The van der Waals surface area contributed by atoms with Gasteiger partial charge in [0, 0.05) is 5.75 Å². The van der Waals surface area contributed by atoms with Gasteiger partial charge in [-0.2, -0.15) is 0 Å². The summed E-state index contributed by atoms with van der Waals surface area (Å²) in [5.74, 6) is 1.23. The molecule has 3 rings (SSSR count). The van der Waals surface area contributed by atoms with Gasteiger partial charge in [-0.05, 0) is 43.3 Å². The molecule has 0 aliphatic carbocycles. The van der Waals surface area contributed by atoms with Crippen LogP contribution in [0.25, 0.3) is 16.6 Å². The molecule has 0 amide bonds. The standard InChI is InChI=1S/C18H18N2O3S/c1-2-23-14-9-7-13(8-10-14)20-17(22)15-5-3-4-6-16(15)19-18(20)24-12-11-21/h3-10,21H,2,11-12H2,1H3. The highest BCUT2D eigenvalue weighted by molar-refractivity contribution is 7.99. The van der Waals surface area contributed by atoms with Crippen molar-refractivity contribution >= 4 is 22.7 Å². The molecule has 0 saturated carbocycles. The number of aliphatic hydroxyl groups is 1. The largest absolute Gasteiger partial charge is 0.494 e. The molecular weight excluding hydrogens is 324 g/mol. The van der Waals surface area contributed by atoms with Gasteiger partial charge >= 0.3 is 0 Å². The van der Waals surface area contributed by atoms with Crippen LogP contribution in [0.5, 0.6) is 5.75 Å². The van der Waals surface area contributed by atoms with Gasteiger partial charge in [0.15, 0.2) is 5.16 Å². The molecule has 0 aliphatic heterocycles. The average Bonchev–Trinajstić information content (AvgIpc) is 2.61. The number of aromatic nitrogens is 2. The molecule has 0 atom stereocenters. The fraction of sp³-hybridized carbons (Fsp3) is 0.222. The SMILES string of the molecule is CCOc1ccc(-n2c(SCCO)nc3ccccc3c2=O)cc1. The quantitative estimate of drug-likeness (QED) is 0.551. The Morgan fingerprint density at radius 1 is 1.17 bits per heavy atom. The summed E-state index contributed by atoms with van der Waals surface area (Å²) in [6.07, 6.45) is 0. The van der Waals surface area contributed by atoms with Crippen molar-refractivity contribution in [3.8, 4) is 11.4 Å². The maximum Gasteiger partial charge on any atom is 0.266 e. The molecule has 0 unspecified atom stereocenters. The monoisotopic (exact) mass is 342 g/mol. The molecule has 6 heteroatoms. The third kappa shape index (κ3) is 3.29. The number of hydrogen-bond acceptors (Lipinski definition) is 5. The number of rotatable bonds is 6. The second-order valence-electron chi connectivity index (χ2n) is 5.05. The van der Waals surface area contributed by atoms with E-state index < -0.39 is 0 Å². The van der Waals surface area contributed by atoms with Crippen LogP contribution < -0.4 is 10.3 Å². The van der Waals surface area contributed by atoms with Crippen LogP contribution in [0.1, 0.15) is 6.92 Å². The summed E-state index contributed by atoms with van der Waals surface area (Å²) in [5, 5.41) is 10.3. The first-order valence-corrected chi connectivity index (χ1v) is 8.72. The summed E-state index contributed by atoms with van der Waals surface area (Å²) in [6, 6.07) is 14.6. The van der Waals surface area contributed by atoms with Crippen molar-refractivity contribution in [1.82, 2.24) is 9.55 Å². The van der Waals surface area contributed by atoms with Crippen LogP contribution in [0.4, 0.5) is 0 Å². The Kier molecular flexibility index (Phi) is 5.17. The molecule has 0 bridgehead atoms. The molecule has 1 aromatic heterocycles. The van der Waals surface area contributed by atoms with Crippen LogP contribution in [0.3, 0.4) is 0 Å². The molecule has 1 N–H and O–H groups in total. The van der Waals surface area contributed by atoms with Gasteiger partial charge in [0.05, 0.1) is 29.8 Å². The van der Waals surface area contributed by atoms with E-state index in [2.05, 4.69) is 4.98 Å². The Hall–Kier alpha value is -2.31. The van der Waals surface area contributed by atoms with E-state index in [9.17, 15) is 4.79 Å². The minimum absolute atomic E-state index is 0.0244. The maximum absolute atomic E-state index is 12.9. The molecule has 0 spiro atoms. The summed E-state index contributed by atoms with van der Waals surface area (Å²) < 4.78 is 7.03. The van der Waals surface area contributed by atoms with E-state index in [-0.39, 0.29) is 12.2 Å². The van der Waals surface area contributed by atoms with Gasteiger partial charge in [0.2, 0.25) is 0 Å². The van der Waals surface area contributed by atoms with Gasteiger partial charge in [-0.15, -0.1) is 0 Å². The van der Waals surface area contributed by atoms with Crippen molar-refractivity contribution in [2.24, 2.45) is 0 Å². The minimum Gasteiger partial charge on any atom is -0.494 e. The number of thioether (sulfide) groups is 1. The lowest BCUT2D eigenvalue weighted by Gasteiger charge is -2.13. The van der Waals surface area contributed by atoms with Crippen molar-refractivity contribution in [1.29, 1.82) is 0 Å². The first-order valence-electron chi connectivity index (χ1n) is 7.73. The second-order valence-corrected chi connectivity index (χ2v) is 6.11. The van der Waals surface area contributed by atoms with E-state index >= 15 is 0 Å². The summed E-state index contributed by atoms with van der Waals surface area (Å²) >= 11 is 1.36. The molecule has 124 valence electrons. The normalized spacial score (nSPS) is 10.9. The Balaban J connectivity index is 2.16. The van der Waals surface area contributed by atoms with Gasteiger partial charge in [0.25, 0.3) is 5.56 Å². The van der Waals surface area contributed by atoms with Gasteiger partial charge in [0.1, 0.15) is 5.75 Å². The van der Waals surface area contributed by atoms with Crippen LogP contribution >= 0.6 is 11.8 Å². The van der Waals surface area contributed by atoms with Gasteiger partial charge in [-0.25, -0.2) is 4.98 Å².